The first-order valence-electron chi connectivity index (χ1n) is 4.10. The highest BCUT2D eigenvalue weighted by molar-refractivity contribution is 5.94. The van der Waals surface area contributed by atoms with Crippen molar-refractivity contribution in [3.8, 4) is 0 Å². The normalized spacial score (nSPS) is 10.5. The van der Waals surface area contributed by atoms with Crippen molar-refractivity contribution in [2.45, 2.75) is 6.29 Å². The molecule has 0 saturated carbocycles. The molecule has 0 unspecified atom stereocenters. The van der Waals surface area contributed by atoms with Crippen LogP contribution in [0, 0.1) is 11.6 Å². The highest BCUT2D eigenvalue weighted by atomic mass is 19.1. The van der Waals surface area contributed by atoms with Crippen molar-refractivity contribution in [2.24, 2.45) is 0 Å². The molecule has 1 rings (SSSR count). The summed E-state index contributed by atoms with van der Waals surface area (Å²) in [6.07, 6.45) is -1.76. The first kappa shape index (κ1) is 11.5. The molecule has 0 aliphatic heterocycles. The predicted octanol–water partition coefficient (Wildman–Crippen LogP) is 0.00530. The van der Waals surface area contributed by atoms with Gasteiger partial charge in [-0.05, 0) is 12.1 Å². The van der Waals surface area contributed by atoms with E-state index in [1.165, 1.54) is 0 Å². The van der Waals surface area contributed by atoms with Crippen LogP contribution in [0.1, 0.15) is 10.4 Å². The van der Waals surface area contributed by atoms with Gasteiger partial charge in [0.2, 0.25) is 0 Å². The topological polar surface area (TPSA) is 69.6 Å². The third-order valence-electron chi connectivity index (χ3n) is 1.64. The summed E-state index contributed by atoms with van der Waals surface area (Å²) < 4.78 is 26.0. The van der Waals surface area contributed by atoms with Gasteiger partial charge in [0.05, 0.1) is 6.54 Å². The number of benzene rings is 1. The number of carbonyl (C=O) groups excluding carboxylic acids is 1. The standard InChI is InChI=1S/C9H9F2NO3/c10-5-2-1-3-6(11)8(5)9(15)12-4-7(13)14/h1-3,7,13-14H,4H2,(H,12,15). The van der Waals surface area contributed by atoms with Crippen molar-refractivity contribution < 1.29 is 23.8 Å². The van der Waals surface area contributed by atoms with Gasteiger partial charge in [-0.3, -0.25) is 4.79 Å². The summed E-state index contributed by atoms with van der Waals surface area (Å²) in [7, 11) is 0. The van der Waals surface area contributed by atoms with Gasteiger partial charge in [-0.2, -0.15) is 0 Å². The fourth-order valence-electron chi connectivity index (χ4n) is 0.987. The number of rotatable bonds is 3. The summed E-state index contributed by atoms with van der Waals surface area (Å²) in [5.41, 5.74) is -0.738. The van der Waals surface area contributed by atoms with Gasteiger partial charge >= 0.3 is 0 Å². The summed E-state index contributed by atoms with van der Waals surface area (Å²) in [5.74, 6) is -3.03. The van der Waals surface area contributed by atoms with Crippen LogP contribution >= 0.6 is 0 Å². The van der Waals surface area contributed by atoms with E-state index in [1.54, 1.807) is 0 Å². The van der Waals surface area contributed by atoms with Crippen LogP contribution in [-0.2, 0) is 0 Å². The SMILES string of the molecule is O=C(NCC(O)O)c1c(F)cccc1F. The van der Waals surface area contributed by atoms with Gasteiger partial charge in [-0.25, -0.2) is 8.78 Å². The molecular formula is C9H9F2NO3. The van der Waals surface area contributed by atoms with E-state index in [2.05, 4.69) is 0 Å². The van der Waals surface area contributed by atoms with Gasteiger partial charge in [-0.1, -0.05) is 6.07 Å². The number of hydrogen-bond acceptors (Lipinski definition) is 3. The van der Waals surface area contributed by atoms with E-state index in [0.717, 1.165) is 18.2 Å². The van der Waals surface area contributed by atoms with E-state index in [-0.39, 0.29) is 0 Å². The molecule has 6 heteroatoms. The quantitative estimate of drug-likeness (QED) is 0.624. The number of hydrogen-bond donors (Lipinski definition) is 3. The molecular weight excluding hydrogens is 208 g/mol. The zero-order valence-corrected chi connectivity index (χ0v) is 7.58. The molecule has 0 atom stereocenters. The minimum absolute atomic E-state index is 0.493. The fraction of sp³-hybridized carbons (Fsp3) is 0.222. The molecule has 0 fully saturated rings. The van der Waals surface area contributed by atoms with Crippen LogP contribution in [0.15, 0.2) is 18.2 Å². The highest BCUT2D eigenvalue weighted by Crippen LogP contribution is 2.11. The summed E-state index contributed by atoms with van der Waals surface area (Å²) in [5, 5.41) is 18.8. The maximum Gasteiger partial charge on any atom is 0.257 e. The Bertz CT molecular complexity index is 348. The van der Waals surface area contributed by atoms with Crippen LogP contribution < -0.4 is 5.32 Å². The number of nitrogens with one attached hydrogen (secondary N) is 1. The van der Waals surface area contributed by atoms with Crippen molar-refractivity contribution in [1.29, 1.82) is 0 Å². The lowest BCUT2D eigenvalue weighted by molar-refractivity contribution is -0.0361. The average molecular weight is 217 g/mol. The first-order chi connectivity index (χ1) is 7.02. The van der Waals surface area contributed by atoms with Crippen LogP contribution in [0.3, 0.4) is 0 Å². The Morgan fingerprint density at radius 2 is 1.87 bits per heavy atom. The fourth-order valence-corrected chi connectivity index (χ4v) is 0.987. The Labute approximate surface area is 84.2 Å². The Kier molecular flexibility index (Phi) is 3.70. The smallest absolute Gasteiger partial charge is 0.257 e. The zero-order chi connectivity index (χ0) is 11.4. The van der Waals surface area contributed by atoms with Crippen molar-refractivity contribution in [3.05, 3.63) is 35.4 Å². The zero-order valence-electron chi connectivity index (χ0n) is 7.58. The third kappa shape index (κ3) is 2.97. The van der Waals surface area contributed by atoms with E-state index in [9.17, 15) is 13.6 Å². The van der Waals surface area contributed by atoms with E-state index in [4.69, 9.17) is 10.2 Å². The van der Waals surface area contributed by atoms with Gasteiger partial charge in [-0.15, -0.1) is 0 Å². The van der Waals surface area contributed by atoms with E-state index < -0.39 is 35.9 Å². The van der Waals surface area contributed by atoms with Crippen molar-refractivity contribution in [3.63, 3.8) is 0 Å². The molecule has 0 aliphatic carbocycles. The molecule has 1 aromatic carbocycles. The molecule has 0 saturated heterocycles. The molecule has 0 aromatic heterocycles. The lowest BCUT2D eigenvalue weighted by atomic mass is 10.2. The lowest BCUT2D eigenvalue weighted by Crippen LogP contribution is -2.32. The second kappa shape index (κ2) is 4.81. The molecule has 0 radical (unpaired) electrons. The highest BCUT2D eigenvalue weighted by Gasteiger charge is 2.16. The Balaban J connectivity index is 2.82. The molecule has 0 heterocycles. The van der Waals surface area contributed by atoms with E-state index in [0.29, 0.717) is 0 Å². The number of halogens is 2. The van der Waals surface area contributed by atoms with Gasteiger partial charge in [0.25, 0.3) is 5.91 Å². The first-order valence-corrected chi connectivity index (χ1v) is 4.10. The van der Waals surface area contributed by atoms with Crippen LogP contribution in [0.2, 0.25) is 0 Å². The average Bonchev–Trinajstić information content (AvgIpc) is 2.14. The second-order valence-electron chi connectivity index (χ2n) is 2.79. The number of aliphatic hydroxyl groups is 2. The summed E-state index contributed by atoms with van der Waals surface area (Å²) in [6.45, 7) is -0.493. The molecule has 1 aromatic rings. The summed E-state index contributed by atoms with van der Waals surface area (Å²) in [6, 6.07) is 3.00. The largest absolute Gasteiger partial charge is 0.367 e. The molecule has 15 heavy (non-hydrogen) atoms. The monoisotopic (exact) mass is 217 g/mol. The molecule has 0 spiro atoms. The summed E-state index contributed by atoms with van der Waals surface area (Å²) in [4.78, 5) is 11.2. The van der Waals surface area contributed by atoms with Crippen molar-refractivity contribution in [2.75, 3.05) is 6.54 Å². The van der Waals surface area contributed by atoms with Crippen LogP contribution in [0.25, 0.3) is 0 Å². The van der Waals surface area contributed by atoms with Crippen molar-refractivity contribution >= 4 is 5.91 Å². The van der Waals surface area contributed by atoms with Gasteiger partial charge in [0.15, 0.2) is 6.29 Å². The lowest BCUT2D eigenvalue weighted by Gasteiger charge is -2.07. The minimum atomic E-state index is -1.76. The van der Waals surface area contributed by atoms with E-state index in [1.807, 2.05) is 5.32 Å². The second-order valence-corrected chi connectivity index (χ2v) is 2.79. The molecule has 4 nitrogen and oxygen atoms in total. The van der Waals surface area contributed by atoms with Crippen LogP contribution in [0.4, 0.5) is 8.78 Å². The maximum absolute atomic E-state index is 13.0. The van der Waals surface area contributed by atoms with E-state index >= 15 is 0 Å². The third-order valence-corrected chi connectivity index (χ3v) is 1.64. The Morgan fingerprint density at radius 3 is 2.33 bits per heavy atom. The van der Waals surface area contributed by atoms with Gasteiger partial charge < -0.3 is 15.5 Å². The maximum atomic E-state index is 13.0. The molecule has 0 aliphatic rings. The van der Waals surface area contributed by atoms with Crippen LogP contribution in [0.5, 0.6) is 0 Å². The molecule has 0 bridgehead atoms. The number of aliphatic hydroxyl groups excluding tert-OH is 1. The van der Waals surface area contributed by atoms with Gasteiger partial charge in [0.1, 0.15) is 17.2 Å². The number of amides is 1. The van der Waals surface area contributed by atoms with Crippen molar-refractivity contribution in [1.82, 2.24) is 5.32 Å². The summed E-state index contributed by atoms with van der Waals surface area (Å²) >= 11 is 0. The van der Waals surface area contributed by atoms with Crippen LogP contribution in [-0.4, -0.2) is 29.0 Å². The predicted molar refractivity (Wildman–Crippen MR) is 46.9 cm³/mol. The molecule has 3 N–H and O–H groups in total. The van der Waals surface area contributed by atoms with Gasteiger partial charge in [0, 0.05) is 0 Å². The molecule has 82 valence electrons. The Hall–Kier alpha value is -1.53. The Morgan fingerprint density at radius 1 is 1.33 bits per heavy atom. The molecule has 1 amide bonds. The number of carbonyl (C=O) groups is 1. The minimum Gasteiger partial charge on any atom is -0.367 e.